The first-order valence-electron chi connectivity index (χ1n) is 10.1. The molecule has 0 bridgehead atoms. The molecular formula is C27H22F2N2. The fourth-order valence-electron chi connectivity index (χ4n) is 3.74. The van der Waals surface area contributed by atoms with E-state index >= 15 is 0 Å². The first kappa shape index (κ1) is 20.5. The number of halogens is 2. The van der Waals surface area contributed by atoms with E-state index in [4.69, 9.17) is 5.84 Å². The second kappa shape index (κ2) is 9.35. The van der Waals surface area contributed by atoms with Crippen LogP contribution in [0.4, 0.5) is 8.78 Å². The van der Waals surface area contributed by atoms with E-state index < -0.39 is 0 Å². The van der Waals surface area contributed by atoms with Crippen LogP contribution in [0.2, 0.25) is 0 Å². The Kier molecular flexibility index (Phi) is 6.18. The molecule has 0 aliphatic heterocycles. The number of hydrazone groups is 1. The zero-order chi connectivity index (χ0) is 21.6. The average Bonchev–Trinajstić information content (AvgIpc) is 2.79. The molecule has 31 heavy (non-hydrogen) atoms. The summed E-state index contributed by atoms with van der Waals surface area (Å²) >= 11 is 0. The maximum Gasteiger partial charge on any atom is 0.123 e. The van der Waals surface area contributed by atoms with Crippen molar-refractivity contribution in [1.29, 1.82) is 0 Å². The van der Waals surface area contributed by atoms with Crippen LogP contribution in [0.25, 0.3) is 0 Å². The first-order valence-corrected chi connectivity index (χ1v) is 10.1. The molecule has 4 heteroatoms. The molecule has 0 heterocycles. The second-order valence-electron chi connectivity index (χ2n) is 7.40. The Morgan fingerprint density at radius 2 is 0.968 bits per heavy atom. The van der Waals surface area contributed by atoms with E-state index in [1.807, 2.05) is 48.5 Å². The Bertz CT molecular complexity index is 1100. The highest BCUT2D eigenvalue weighted by molar-refractivity contribution is 6.14. The van der Waals surface area contributed by atoms with Crippen molar-refractivity contribution in [3.05, 3.63) is 142 Å². The van der Waals surface area contributed by atoms with Crippen LogP contribution < -0.4 is 5.84 Å². The lowest BCUT2D eigenvalue weighted by Gasteiger charge is -2.15. The van der Waals surface area contributed by atoms with Crippen molar-refractivity contribution in [2.24, 2.45) is 10.9 Å². The third-order valence-electron chi connectivity index (χ3n) is 5.29. The number of hydrogen-bond donors (Lipinski definition) is 1. The summed E-state index contributed by atoms with van der Waals surface area (Å²) < 4.78 is 26.6. The molecule has 0 saturated carbocycles. The Morgan fingerprint density at radius 3 is 1.35 bits per heavy atom. The summed E-state index contributed by atoms with van der Waals surface area (Å²) in [6.45, 7) is 0. The van der Waals surface area contributed by atoms with Crippen LogP contribution in [0, 0.1) is 11.6 Å². The third-order valence-corrected chi connectivity index (χ3v) is 5.29. The van der Waals surface area contributed by atoms with Gasteiger partial charge in [0.15, 0.2) is 0 Å². The lowest BCUT2D eigenvalue weighted by molar-refractivity contribution is 0.627. The molecule has 2 N–H and O–H groups in total. The van der Waals surface area contributed by atoms with Gasteiger partial charge in [-0.2, -0.15) is 5.10 Å². The Morgan fingerprint density at radius 1 is 0.581 bits per heavy atom. The van der Waals surface area contributed by atoms with E-state index in [-0.39, 0.29) is 11.6 Å². The van der Waals surface area contributed by atoms with E-state index in [0.717, 1.165) is 33.4 Å². The molecule has 4 aromatic rings. The molecule has 4 aromatic carbocycles. The summed E-state index contributed by atoms with van der Waals surface area (Å²) in [6, 6.07) is 28.9. The Balaban J connectivity index is 1.70. The molecule has 0 unspecified atom stereocenters. The van der Waals surface area contributed by atoms with Crippen LogP contribution in [0.5, 0.6) is 0 Å². The lowest BCUT2D eigenvalue weighted by atomic mass is 9.90. The molecule has 0 spiro atoms. The van der Waals surface area contributed by atoms with Crippen LogP contribution in [0.15, 0.2) is 102 Å². The van der Waals surface area contributed by atoms with Gasteiger partial charge in [0.1, 0.15) is 11.6 Å². The van der Waals surface area contributed by atoms with Crippen LogP contribution >= 0.6 is 0 Å². The molecule has 0 aromatic heterocycles. The van der Waals surface area contributed by atoms with Crippen LogP contribution in [0.1, 0.15) is 33.4 Å². The van der Waals surface area contributed by atoms with Gasteiger partial charge in [-0.25, -0.2) is 8.78 Å². The fourth-order valence-corrected chi connectivity index (χ4v) is 3.74. The van der Waals surface area contributed by atoms with E-state index in [1.165, 1.54) is 24.3 Å². The minimum Gasteiger partial charge on any atom is -0.323 e. The van der Waals surface area contributed by atoms with E-state index in [9.17, 15) is 8.78 Å². The van der Waals surface area contributed by atoms with E-state index in [2.05, 4.69) is 5.10 Å². The summed E-state index contributed by atoms with van der Waals surface area (Å²) in [7, 11) is 0. The molecule has 0 amide bonds. The van der Waals surface area contributed by atoms with Gasteiger partial charge in [-0.15, -0.1) is 0 Å². The van der Waals surface area contributed by atoms with Crippen molar-refractivity contribution in [2.45, 2.75) is 12.8 Å². The lowest BCUT2D eigenvalue weighted by Crippen LogP contribution is -2.12. The zero-order valence-corrected chi connectivity index (χ0v) is 16.9. The van der Waals surface area contributed by atoms with Gasteiger partial charge in [0.05, 0.1) is 5.71 Å². The van der Waals surface area contributed by atoms with Gasteiger partial charge in [0, 0.05) is 11.1 Å². The summed E-state index contributed by atoms with van der Waals surface area (Å²) in [6.07, 6.45) is 1.27. The zero-order valence-electron chi connectivity index (χ0n) is 16.9. The monoisotopic (exact) mass is 412 g/mol. The van der Waals surface area contributed by atoms with Gasteiger partial charge >= 0.3 is 0 Å². The predicted molar refractivity (Wildman–Crippen MR) is 121 cm³/mol. The minimum atomic E-state index is -0.254. The van der Waals surface area contributed by atoms with Gasteiger partial charge in [-0.3, -0.25) is 0 Å². The summed E-state index contributed by atoms with van der Waals surface area (Å²) in [4.78, 5) is 0. The number of hydrogen-bond acceptors (Lipinski definition) is 2. The van der Waals surface area contributed by atoms with E-state index in [1.54, 1.807) is 24.3 Å². The average molecular weight is 412 g/mol. The van der Waals surface area contributed by atoms with Crippen molar-refractivity contribution in [3.8, 4) is 0 Å². The summed E-state index contributed by atoms with van der Waals surface area (Å²) in [5.41, 5.74) is 6.66. The predicted octanol–water partition coefficient (Wildman–Crippen LogP) is 5.86. The molecule has 0 aliphatic carbocycles. The van der Waals surface area contributed by atoms with Crippen LogP contribution in [-0.4, -0.2) is 5.71 Å². The second-order valence-corrected chi connectivity index (χ2v) is 7.40. The highest BCUT2D eigenvalue weighted by Crippen LogP contribution is 2.23. The molecule has 2 nitrogen and oxygen atoms in total. The number of benzene rings is 4. The number of rotatable bonds is 6. The van der Waals surface area contributed by atoms with Crippen molar-refractivity contribution >= 4 is 5.71 Å². The van der Waals surface area contributed by atoms with Gasteiger partial charge in [-0.1, -0.05) is 72.8 Å². The molecule has 0 saturated heterocycles. The molecule has 0 aliphatic rings. The maximum absolute atomic E-state index is 13.3. The molecule has 154 valence electrons. The van der Waals surface area contributed by atoms with Crippen molar-refractivity contribution in [1.82, 2.24) is 0 Å². The molecule has 0 radical (unpaired) electrons. The van der Waals surface area contributed by atoms with Gasteiger partial charge in [0.2, 0.25) is 0 Å². The van der Waals surface area contributed by atoms with Gasteiger partial charge in [0.25, 0.3) is 0 Å². The highest BCUT2D eigenvalue weighted by Gasteiger charge is 2.15. The third kappa shape index (κ3) is 4.86. The van der Waals surface area contributed by atoms with Gasteiger partial charge < -0.3 is 5.84 Å². The maximum atomic E-state index is 13.3. The van der Waals surface area contributed by atoms with Crippen LogP contribution in [-0.2, 0) is 12.8 Å². The molecular weight excluding hydrogens is 390 g/mol. The fraction of sp³-hybridized carbons (Fsp3) is 0.0741. The first-order chi connectivity index (χ1) is 15.1. The topological polar surface area (TPSA) is 38.4 Å². The highest BCUT2D eigenvalue weighted by atomic mass is 19.1. The van der Waals surface area contributed by atoms with Crippen molar-refractivity contribution < 1.29 is 8.78 Å². The summed E-state index contributed by atoms with van der Waals surface area (Å²) in [5.74, 6) is 5.38. The number of nitrogens with zero attached hydrogens (tertiary/aromatic N) is 1. The van der Waals surface area contributed by atoms with Crippen molar-refractivity contribution in [3.63, 3.8) is 0 Å². The van der Waals surface area contributed by atoms with Gasteiger partial charge in [-0.05, 0) is 59.4 Å². The van der Waals surface area contributed by atoms with Crippen LogP contribution in [0.3, 0.4) is 0 Å². The normalized spacial score (nSPS) is 10.6. The quantitative estimate of drug-likeness (QED) is 0.241. The molecule has 4 rings (SSSR count). The molecule has 0 atom stereocenters. The Labute approximate surface area is 180 Å². The summed E-state index contributed by atoms with van der Waals surface area (Å²) in [5, 5.41) is 4.16. The van der Waals surface area contributed by atoms with E-state index in [0.29, 0.717) is 18.6 Å². The standard InChI is InChI=1S/C27H22F2N2/c28-23-13-9-19(10-14-23)17-21-5-1-3-7-25(21)27(31-30)26-8-4-2-6-22(26)18-20-11-15-24(29)16-12-20/h1-16H,17-18,30H2. The van der Waals surface area contributed by atoms with Crippen molar-refractivity contribution in [2.75, 3.05) is 0 Å². The largest absolute Gasteiger partial charge is 0.323 e. The molecule has 0 fully saturated rings. The number of nitrogens with two attached hydrogens (primary N) is 1. The SMILES string of the molecule is NN=C(c1ccccc1Cc1ccc(F)cc1)c1ccccc1Cc1ccc(F)cc1. The smallest absolute Gasteiger partial charge is 0.123 e. The minimum absolute atomic E-state index is 0.254. The Hall–Kier alpha value is -3.79.